The number of carbonyl (C=O) groups excluding carboxylic acids is 2. The molecule has 53 heavy (non-hydrogen) atoms. The van der Waals surface area contributed by atoms with E-state index < -0.39 is 0 Å². The maximum atomic E-state index is 9.97. The van der Waals surface area contributed by atoms with Gasteiger partial charge in [-0.2, -0.15) is 0 Å². The number of Topliss-reactive ketones (excluding diaryl/α,β-unsaturated/α-hetero) is 1. The van der Waals surface area contributed by atoms with E-state index in [-0.39, 0.29) is 5.78 Å². The van der Waals surface area contributed by atoms with Crippen LogP contribution in [0.15, 0.2) is 60.2 Å². The van der Waals surface area contributed by atoms with Crippen molar-refractivity contribution in [3.63, 3.8) is 0 Å². The summed E-state index contributed by atoms with van der Waals surface area (Å²) in [5, 5.41) is 9.41. The van der Waals surface area contributed by atoms with E-state index >= 15 is 0 Å². The normalized spacial score (nSPS) is 14.6. The van der Waals surface area contributed by atoms with Crippen LogP contribution in [0, 0.1) is 19.8 Å². The molecule has 0 radical (unpaired) electrons. The van der Waals surface area contributed by atoms with Crippen molar-refractivity contribution in [2.45, 2.75) is 126 Å². The van der Waals surface area contributed by atoms with Gasteiger partial charge in [-0.15, -0.1) is 11.3 Å². The number of likely N-dealkylation sites (tertiary alicyclic amines) is 2. The summed E-state index contributed by atoms with van der Waals surface area (Å²) in [6.07, 6.45) is 23.4. The molecule has 0 atom stereocenters. The van der Waals surface area contributed by atoms with E-state index in [0.29, 0.717) is 30.1 Å². The summed E-state index contributed by atoms with van der Waals surface area (Å²) < 4.78 is 0. The third-order valence-electron chi connectivity index (χ3n) is 9.19. The lowest BCUT2D eigenvalue weighted by atomic mass is 9.94. The smallest absolute Gasteiger partial charge is 0.207 e. The average Bonchev–Trinajstić information content (AvgIpc) is 3.64. The molecule has 4 rings (SSSR count). The van der Waals surface area contributed by atoms with Crippen molar-refractivity contribution in [2.75, 3.05) is 50.8 Å². The molecule has 2 aliphatic heterocycles. The maximum Gasteiger partial charge on any atom is 0.207 e. The van der Waals surface area contributed by atoms with Crippen LogP contribution in [-0.4, -0.2) is 61.8 Å². The van der Waals surface area contributed by atoms with Gasteiger partial charge in [0, 0.05) is 44.4 Å². The predicted molar refractivity (Wildman–Crippen MR) is 235 cm³/mol. The van der Waals surface area contributed by atoms with Crippen LogP contribution in [0.25, 0.3) is 0 Å². The Labute approximate surface area is 333 Å². The Morgan fingerprint density at radius 2 is 1.72 bits per heavy atom. The van der Waals surface area contributed by atoms with E-state index in [4.69, 9.17) is 17.3 Å². The van der Waals surface area contributed by atoms with Gasteiger partial charge in [0.15, 0.2) is 0 Å². The number of benzene rings is 1. The van der Waals surface area contributed by atoms with Crippen molar-refractivity contribution < 1.29 is 9.59 Å². The van der Waals surface area contributed by atoms with Gasteiger partial charge in [-0.25, -0.2) is 0 Å². The number of rotatable bonds is 14. The van der Waals surface area contributed by atoms with Gasteiger partial charge in [0.2, 0.25) is 6.41 Å². The Kier molecular flexibility index (Phi) is 30.5. The topological polar surface area (TPSA) is 90.7 Å². The first kappa shape index (κ1) is 49.9. The summed E-state index contributed by atoms with van der Waals surface area (Å²) in [6, 6.07) is 5.87. The van der Waals surface area contributed by atoms with Gasteiger partial charge in [-0.1, -0.05) is 89.8 Å². The fourth-order valence-electron chi connectivity index (χ4n) is 5.69. The number of piperidine rings is 2. The molecule has 1 aromatic carbocycles. The number of hydrogen-bond acceptors (Lipinski definition) is 7. The number of nitrogen functional groups attached to an aromatic ring is 1. The van der Waals surface area contributed by atoms with Gasteiger partial charge in [0.05, 0.1) is 15.7 Å². The summed E-state index contributed by atoms with van der Waals surface area (Å²) in [7, 11) is 1.87. The minimum atomic E-state index is 0.255. The molecular formula is C44H74ClN5O2S. The summed E-state index contributed by atoms with van der Waals surface area (Å²) in [5.74, 6) is 1.20. The molecule has 3 heterocycles. The number of halogens is 1. The van der Waals surface area contributed by atoms with Crippen molar-refractivity contribution in [1.29, 1.82) is 0 Å². The predicted octanol–water partition coefficient (Wildman–Crippen LogP) is 11.4. The molecule has 0 bridgehead atoms. The zero-order chi connectivity index (χ0) is 39.9. The first-order valence-corrected chi connectivity index (χ1v) is 21.2. The third-order valence-corrected chi connectivity index (χ3v) is 10.5. The number of nitrogens with two attached hydrogens (primary N) is 1. The van der Waals surface area contributed by atoms with E-state index in [2.05, 4.69) is 66.0 Å². The number of unbranched alkanes of at least 4 members (excludes halogenated alkanes) is 2. The highest BCUT2D eigenvalue weighted by atomic mass is 35.5. The van der Waals surface area contributed by atoms with Crippen molar-refractivity contribution >= 4 is 45.8 Å². The van der Waals surface area contributed by atoms with Crippen molar-refractivity contribution in [2.24, 2.45) is 5.92 Å². The molecule has 7 nitrogen and oxygen atoms in total. The number of carbonyl (C=O) groups is 2. The number of hydrogen-bond donors (Lipinski definition) is 3. The molecule has 2 aliphatic rings. The molecule has 1 amide bonds. The summed E-state index contributed by atoms with van der Waals surface area (Å²) in [4.78, 5) is 24.9. The second-order valence-electron chi connectivity index (χ2n) is 13.7. The van der Waals surface area contributed by atoms with E-state index in [9.17, 15) is 9.59 Å². The standard InChI is InChI=1S/C16H27N.C9H19N.C8H10ClN.C7H10N2OS.C4H8O/c1-4-7-8-10-16(9-5-2)17-13-11-15(6-3)12-14-17;1-2-3-7-10-8-5-4-6-9-10;1-5-3-6(2)8(10)7(9)4-5;1-8-7-6(2-3-11-7)4-9-5-10;1-3-4(2)5/h5,8-10,15H,2,4,6-7,11-14H2,1,3H3;2-9H2,1H3;3-4H,10H2,1-2H3;2-3,5,8H,4H2,1H3,(H,9,10);3H2,1-2H3/b10-8-,16-9+;;;;. The molecule has 0 unspecified atom stereocenters. The van der Waals surface area contributed by atoms with Gasteiger partial charge >= 0.3 is 0 Å². The highest BCUT2D eigenvalue weighted by molar-refractivity contribution is 7.14. The molecule has 0 spiro atoms. The number of thiophene rings is 1. The number of aryl methyl sites for hydroxylation is 2. The molecule has 300 valence electrons. The van der Waals surface area contributed by atoms with Crippen LogP contribution in [0.4, 0.5) is 10.7 Å². The molecule has 9 heteroatoms. The van der Waals surface area contributed by atoms with Crippen LogP contribution in [0.3, 0.4) is 0 Å². The zero-order valence-corrected chi connectivity index (χ0v) is 36.1. The van der Waals surface area contributed by atoms with Crippen LogP contribution in [-0.2, 0) is 16.1 Å². The quantitative estimate of drug-likeness (QED) is 0.101. The van der Waals surface area contributed by atoms with Crippen LogP contribution < -0.4 is 16.4 Å². The second-order valence-corrected chi connectivity index (χ2v) is 15.0. The lowest BCUT2D eigenvalue weighted by Crippen LogP contribution is -2.32. The SMILES string of the molecule is C=C/C=C(\C=C/CCC)N1CCC(CC)CC1.CCC(C)=O.CCCCN1CCCCC1.CNc1sccc1CNC=O.Cc1cc(C)c(N)c(Cl)c1. The molecular weight excluding hydrogens is 698 g/mol. The lowest BCUT2D eigenvalue weighted by Gasteiger charge is -2.33. The van der Waals surface area contributed by atoms with E-state index in [0.717, 1.165) is 27.6 Å². The molecule has 2 aromatic rings. The van der Waals surface area contributed by atoms with Crippen LogP contribution >= 0.6 is 22.9 Å². The van der Waals surface area contributed by atoms with Gasteiger partial charge in [-0.05, 0) is 126 Å². The number of nitrogens with one attached hydrogen (secondary N) is 2. The summed E-state index contributed by atoms with van der Waals surface area (Å²) >= 11 is 7.43. The Balaban J connectivity index is 0.000000667. The molecule has 4 N–H and O–H groups in total. The molecule has 0 saturated carbocycles. The van der Waals surface area contributed by atoms with E-state index in [1.54, 1.807) is 18.3 Å². The number of anilines is 2. The van der Waals surface area contributed by atoms with Crippen LogP contribution in [0.2, 0.25) is 5.02 Å². The van der Waals surface area contributed by atoms with E-state index in [1.165, 1.54) is 103 Å². The molecule has 2 saturated heterocycles. The summed E-state index contributed by atoms with van der Waals surface area (Å²) in [6.45, 7) is 25.1. The van der Waals surface area contributed by atoms with Crippen molar-refractivity contribution in [3.05, 3.63) is 81.9 Å². The Morgan fingerprint density at radius 1 is 1.06 bits per heavy atom. The average molecular weight is 773 g/mol. The van der Waals surface area contributed by atoms with Gasteiger partial charge in [-0.3, -0.25) is 4.79 Å². The molecule has 1 aromatic heterocycles. The fourth-order valence-corrected chi connectivity index (χ4v) is 6.79. The van der Waals surface area contributed by atoms with Gasteiger partial charge < -0.3 is 31.0 Å². The first-order valence-electron chi connectivity index (χ1n) is 19.9. The van der Waals surface area contributed by atoms with E-state index in [1.807, 2.05) is 57.5 Å². The van der Waals surface area contributed by atoms with Crippen LogP contribution in [0.1, 0.15) is 122 Å². The minimum absolute atomic E-state index is 0.255. The van der Waals surface area contributed by atoms with Gasteiger partial charge in [0.25, 0.3) is 0 Å². The fraction of sp³-hybridized carbons (Fsp3) is 0.591. The monoisotopic (exact) mass is 772 g/mol. The lowest BCUT2D eigenvalue weighted by molar-refractivity contribution is -0.116. The summed E-state index contributed by atoms with van der Waals surface area (Å²) in [5.41, 5.74) is 11.0. The number of ketones is 1. The minimum Gasteiger partial charge on any atom is -0.397 e. The number of nitrogens with zero attached hydrogens (tertiary/aromatic N) is 2. The highest BCUT2D eigenvalue weighted by Crippen LogP contribution is 2.25. The van der Waals surface area contributed by atoms with Crippen molar-refractivity contribution in [1.82, 2.24) is 15.1 Å². The van der Waals surface area contributed by atoms with Crippen LogP contribution in [0.5, 0.6) is 0 Å². The maximum absolute atomic E-state index is 9.97. The molecule has 0 aliphatic carbocycles. The largest absolute Gasteiger partial charge is 0.397 e. The van der Waals surface area contributed by atoms with Gasteiger partial charge in [0.1, 0.15) is 5.78 Å². The Morgan fingerprint density at radius 3 is 2.23 bits per heavy atom. The Hall–Kier alpha value is -3.07. The third kappa shape index (κ3) is 24.1. The Bertz CT molecular complexity index is 1290. The number of allylic oxidation sites excluding steroid dienone is 4. The zero-order valence-electron chi connectivity index (χ0n) is 34.6. The highest BCUT2D eigenvalue weighted by Gasteiger charge is 2.18. The molecule has 2 fully saturated rings. The van der Waals surface area contributed by atoms with Crippen molar-refractivity contribution in [3.8, 4) is 0 Å². The number of amides is 1. The second kappa shape index (κ2) is 32.4. The first-order chi connectivity index (χ1) is 25.5.